The molecule has 0 atom stereocenters. The van der Waals surface area contributed by atoms with Gasteiger partial charge in [0.1, 0.15) is 0 Å². The van der Waals surface area contributed by atoms with Gasteiger partial charge in [-0.25, -0.2) is 0 Å². The second-order valence-electron chi connectivity index (χ2n) is 5.48. The predicted molar refractivity (Wildman–Crippen MR) is 77.1 cm³/mol. The summed E-state index contributed by atoms with van der Waals surface area (Å²) in [5, 5.41) is 1.47. The van der Waals surface area contributed by atoms with E-state index in [2.05, 4.69) is 30.5 Å². The lowest BCUT2D eigenvalue weighted by molar-refractivity contribution is 0.617. The van der Waals surface area contributed by atoms with E-state index in [1.54, 1.807) is 11.3 Å². The highest BCUT2D eigenvalue weighted by Crippen LogP contribution is 2.34. The lowest BCUT2D eigenvalue weighted by Crippen LogP contribution is -2.14. The zero-order chi connectivity index (χ0) is 12.7. The molecule has 1 aliphatic rings. The molecule has 2 N–H and O–H groups in total. The van der Waals surface area contributed by atoms with Gasteiger partial charge in [0, 0.05) is 24.2 Å². The summed E-state index contributed by atoms with van der Waals surface area (Å²) >= 11 is 0. The summed E-state index contributed by atoms with van der Waals surface area (Å²) in [5.41, 5.74) is 13.2. The summed E-state index contributed by atoms with van der Waals surface area (Å²) in [6.45, 7) is 6.13. The lowest BCUT2D eigenvalue weighted by atomic mass is 9.94. The van der Waals surface area contributed by atoms with Crippen LogP contribution in [-0.4, -0.2) is 11.1 Å². The number of aromatic nitrogens is 1. The third kappa shape index (κ3) is 1.59. The van der Waals surface area contributed by atoms with Crippen LogP contribution in [0.5, 0.6) is 0 Å². The Bertz CT molecular complexity index is 593. The quantitative estimate of drug-likeness (QED) is 0.862. The van der Waals surface area contributed by atoms with E-state index in [1.165, 1.54) is 47.7 Å². The van der Waals surface area contributed by atoms with Crippen LogP contribution in [0.15, 0.2) is 12.1 Å². The normalized spacial score (nSPS) is 15.1. The summed E-state index contributed by atoms with van der Waals surface area (Å²) in [4.78, 5) is 0. The second-order valence-corrected chi connectivity index (χ2v) is 5.48. The molecule has 0 unspecified atom stereocenters. The molecule has 18 heavy (non-hydrogen) atoms. The van der Waals surface area contributed by atoms with Crippen LogP contribution in [-0.2, 0) is 19.4 Å². The molecule has 0 amide bonds. The van der Waals surface area contributed by atoms with E-state index in [0.717, 1.165) is 13.1 Å². The highest BCUT2D eigenvalue weighted by Gasteiger charge is 2.20. The molecule has 0 aliphatic heterocycles. The molecular weight excluding hydrogens is 220 g/mol. The van der Waals surface area contributed by atoms with Gasteiger partial charge in [0.25, 0.3) is 0 Å². The first-order chi connectivity index (χ1) is 8.74. The molecule has 0 spiro atoms. The Labute approximate surface area is 109 Å². The number of rotatable bonds is 2. The van der Waals surface area contributed by atoms with Gasteiger partial charge in [-0.1, -0.05) is 12.1 Å². The Morgan fingerprint density at radius 2 is 1.94 bits per heavy atom. The van der Waals surface area contributed by atoms with Crippen molar-refractivity contribution < 1.29 is 0 Å². The number of hydrogen-bond donors (Lipinski definition) is 1. The van der Waals surface area contributed by atoms with Crippen LogP contribution < -0.4 is 5.73 Å². The molecule has 3 rings (SSSR count). The third-order valence-corrected chi connectivity index (χ3v) is 4.41. The van der Waals surface area contributed by atoms with Crippen LogP contribution in [0.2, 0.25) is 0 Å². The van der Waals surface area contributed by atoms with E-state index >= 15 is 0 Å². The zero-order valence-corrected chi connectivity index (χ0v) is 11.4. The first-order valence-electron chi connectivity index (χ1n) is 7.04. The average molecular weight is 242 g/mol. The standard InChI is InChI=1S/C16H22N2/c1-11-7-8-14-13-5-3-4-6-15(13)18(10-9-17)16(14)12(11)2/h7-8H,3-6,9-10,17H2,1-2H3. The topological polar surface area (TPSA) is 30.9 Å². The minimum Gasteiger partial charge on any atom is -0.343 e. The SMILES string of the molecule is Cc1ccc2c3c(n(CCN)c2c1C)CCCC3. The number of aryl methyl sites for hydroxylation is 3. The Hall–Kier alpha value is -1.28. The van der Waals surface area contributed by atoms with Gasteiger partial charge in [-0.2, -0.15) is 0 Å². The van der Waals surface area contributed by atoms with Crippen molar-refractivity contribution in [2.45, 2.75) is 46.1 Å². The first-order valence-corrected chi connectivity index (χ1v) is 7.04. The predicted octanol–water partition coefficient (Wildman–Crippen LogP) is 3.10. The van der Waals surface area contributed by atoms with E-state index < -0.39 is 0 Å². The lowest BCUT2D eigenvalue weighted by Gasteiger charge is -2.15. The summed E-state index contributed by atoms with van der Waals surface area (Å²) in [5.74, 6) is 0. The van der Waals surface area contributed by atoms with Crippen molar-refractivity contribution in [1.29, 1.82) is 0 Å². The zero-order valence-electron chi connectivity index (χ0n) is 11.4. The fourth-order valence-electron chi connectivity index (χ4n) is 3.38. The molecule has 0 saturated carbocycles. The van der Waals surface area contributed by atoms with Crippen LogP contribution in [0.25, 0.3) is 10.9 Å². The Kier molecular flexibility index (Phi) is 2.90. The Balaban J connectivity index is 2.36. The fraction of sp³-hybridized carbons (Fsp3) is 0.500. The molecule has 1 aromatic heterocycles. The van der Waals surface area contributed by atoms with Gasteiger partial charge in [-0.3, -0.25) is 0 Å². The number of nitrogens with zero attached hydrogens (tertiary/aromatic N) is 1. The van der Waals surface area contributed by atoms with Gasteiger partial charge in [0.2, 0.25) is 0 Å². The molecule has 96 valence electrons. The van der Waals surface area contributed by atoms with Crippen LogP contribution in [0.1, 0.15) is 35.2 Å². The summed E-state index contributed by atoms with van der Waals surface area (Å²) < 4.78 is 2.49. The van der Waals surface area contributed by atoms with E-state index in [0.29, 0.717) is 0 Å². The maximum absolute atomic E-state index is 5.81. The average Bonchev–Trinajstić information content (AvgIpc) is 2.70. The number of fused-ring (bicyclic) bond motifs is 3. The Morgan fingerprint density at radius 1 is 1.17 bits per heavy atom. The molecule has 1 heterocycles. The molecule has 0 fully saturated rings. The van der Waals surface area contributed by atoms with Crippen molar-refractivity contribution in [1.82, 2.24) is 4.57 Å². The van der Waals surface area contributed by atoms with Crippen molar-refractivity contribution >= 4 is 10.9 Å². The summed E-state index contributed by atoms with van der Waals surface area (Å²) in [7, 11) is 0. The molecule has 0 radical (unpaired) electrons. The molecule has 2 heteroatoms. The monoisotopic (exact) mass is 242 g/mol. The van der Waals surface area contributed by atoms with Gasteiger partial charge in [-0.15, -0.1) is 0 Å². The number of hydrogen-bond acceptors (Lipinski definition) is 1. The van der Waals surface area contributed by atoms with Crippen LogP contribution >= 0.6 is 0 Å². The van der Waals surface area contributed by atoms with E-state index in [-0.39, 0.29) is 0 Å². The Morgan fingerprint density at radius 3 is 2.72 bits per heavy atom. The minimum absolute atomic E-state index is 0.726. The van der Waals surface area contributed by atoms with Crippen LogP contribution in [0.4, 0.5) is 0 Å². The van der Waals surface area contributed by atoms with Gasteiger partial charge in [0.15, 0.2) is 0 Å². The highest BCUT2D eigenvalue weighted by atomic mass is 15.0. The third-order valence-electron chi connectivity index (χ3n) is 4.41. The first kappa shape index (κ1) is 11.8. The van der Waals surface area contributed by atoms with Gasteiger partial charge < -0.3 is 10.3 Å². The van der Waals surface area contributed by atoms with Crippen LogP contribution in [0.3, 0.4) is 0 Å². The highest BCUT2D eigenvalue weighted by molar-refractivity contribution is 5.89. The smallest absolute Gasteiger partial charge is 0.0518 e. The maximum Gasteiger partial charge on any atom is 0.0518 e. The van der Waals surface area contributed by atoms with Crippen molar-refractivity contribution in [3.05, 3.63) is 34.5 Å². The maximum atomic E-state index is 5.81. The largest absolute Gasteiger partial charge is 0.343 e. The molecular formula is C16H22N2. The molecule has 2 nitrogen and oxygen atoms in total. The van der Waals surface area contributed by atoms with Gasteiger partial charge in [-0.05, 0) is 56.2 Å². The minimum atomic E-state index is 0.726. The summed E-state index contributed by atoms with van der Waals surface area (Å²) in [6, 6.07) is 4.58. The van der Waals surface area contributed by atoms with Crippen LogP contribution in [0, 0.1) is 13.8 Å². The molecule has 0 saturated heterocycles. The van der Waals surface area contributed by atoms with Crippen molar-refractivity contribution in [3.8, 4) is 0 Å². The van der Waals surface area contributed by atoms with E-state index in [1.807, 2.05) is 0 Å². The fourth-order valence-corrected chi connectivity index (χ4v) is 3.38. The van der Waals surface area contributed by atoms with Crippen molar-refractivity contribution in [2.24, 2.45) is 5.73 Å². The van der Waals surface area contributed by atoms with E-state index in [4.69, 9.17) is 5.73 Å². The molecule has 2 aromatic rings. The van der Waals surface area contributed by atoms with Crippen molar-refractivity contribution in [3.63, 3.8) is 0 Å². The van der Waals surface area contributed by atoms with Gasteiger partial charge in [0.05, 0.1) is 5.52 Å². The van der Waals surface area contributed by atoms with E-state index in [9.17, 15) is 0 Å². The molecule has 1 aromatic carbocycles. The number of benzene rings is 1. The summed E-state index contributed by atoms with van der Waals surface area (Å²) in [6.07, 6.45) is 5.13. The molecule has 0 bridgehead atoms. The molecule has 1 aliphatic carbocycles. The van der Waals surface area contributed by atoms with Crippen molar-refractivity contribution in [2.75, 3.05) is 6.54 Å². The second kappa shape index (κ2) is 4.43. The number of nitrogens with two attached hydrogens (primary N) is 1. The van der Waals surface area contributed by atoms with Gasteiger partial charge >= 0.3 is 0 Å².